The molecule has 0 fully saturated rings. The Morgan fingerprint density at radius 3 is 1.97 bits per heavy atom. The molecule has 1 rings (SSSR count). The van der Waals surface area contributed by atoms with Gasteiger partial charge in [-0.05, 0) is 30.9 Å². The molecule has 3 amide bonds. The molecule has 1 aromatic carbocycles. The van der Waals surface area contributed by atoms with E-state index in [0.717, 1.165) is 5.56 Å². The average Bonchev–Trinajstić information content (AvgIpc) is 2.79. The van der Waals surface area contributed by atoms with Crippen LogP contribution >= 0.6 is 0 Å². The number of rotatable bonds is 10. The summed E-state index contributed by atoms with van der Waals surface area (Å²) in [5.74, 6) is -1.16. The lowest BCUT2D eigenvalue weighted by molar-refractivity contribution is -0.141. The first-order valence-corrected chi connectivity index (χ1v) is 12.0. The van der Waals surface area contributed by atoms with Gasteiger partial charge < -0.3 is 15.5 Å². The number of hydroxylamine groups is 1. The van der Waals surface area contributed by atoms with Crippen LogP contribution in [-0.4, -0.2) is 60.0 Å². The van der Waals surface area contributed by atoms with Gasteiger partial charge in [-0.15, -0.1) is 0 Å². The van der Waals surface area contributed by atoms with Gasteiger partial charge in [0.2, 0.25) is 11.8 Å². The molecule has 8 nitrogen and oxygen atoms in total. The molecule has 35 heavy (non-hydrogen) atoms. The van der Waals surface area contributed by atoms with E-state index in [1.807, 2.05) is 78.8 Å². The summed E-state index contributed by atoms with van der Waals surface area (Å²) in [6.45, 7) is 15.2. The third kappa shape index (κ3) is 7.64. The molecule has 0 radical (unpaired) electrons. The predicted octanol–water partition coefficient (Wildman–Crippen LogP) is 3.02. The molecule has 0 aliphatic carbocycles. The molecular weight excluding hydrogens is 444 g/mol. The molecule has 0 saturated carbocycles. The summed E-state index contributed by atoms with van der Waals surface area (Å²) in [4.78, 5) is 40.7. The van der Waals surface area contributed by atoms with Gasteiger partial charge >= 0.3 is 0 Å². The van der Waals surface area contributed by atoms with Crippen molar-refractivity contribution in [2.75, 3.05) is 14.1 Å². The highest BCUT2D eigenvalue weighted by Crippen LogP contribution is 2.29. The molecule has 1 aromatic rings. The zero-order valence-corrected chi connectivity index (χ0v) is 22.9. The molecule has 0 bridgehead atoms. The molecule has 0 aromatic heterocycles. The summed E-state index contributed by atoms with van der Waals surface area (Å²) in [7, 11) is 3.41. The Kier molecular flexibility index (Phi) is 10.7. The van der Waals surface area contributed by atoms with Crippen LogP contribution in [0.15, 0.2) is 42.0 Å². The van der Waals surface area contributed by atoms with Gasteiger partial charge in [-0.1, -0.05) is 84.9 Å². The van der Waals surface area contributed by atoms with E-state index in [-0.39, 0.29) is 17.7 Å². The number of nitrogens with one attached hydrogen (secondary N) is 3. The summed E-state index contributed by atoms with van der Waals surface area (Å²) in [5.41, 5.74) is 1.82. The maximum Gasteiger partial charge on any atom is 0.270 e. The summed E-state index contributed by atoms with van der Waals surface area (Å²) in [6, 6.07) is 8.00. The number of carbonyl (C=O) groups excluding carboxylic acids is 3. The van der Waals surface area contributed by atoms with E-state index in [1.165, 1.54) is 0 Å². The zero-order chi connectivity index (χ0) is 27.1. The van der Waals surface area contributed by atoms with E-state index in [9.17, 15) is 14.4 Å². The lowest BCUT2D eigenvalue weighted by atomic mass is 9.76. The Morgan fingerprint density at radius 2 is 1.54 bits per heavy atom. The molecule has 0 aliphatic heterocycles. The highest BCUT2D eigenvalue weighted by atomic mass is 16.5. The van der Waals surface area contributed by atoms with Crippen molar-refractivity contribution in [2.45, 2.75) is 78.9 Å². The minimum absolute atomic E-state index is 0.0104. The van der Waals surface area contributed by atoms with Crippen LogP contribution in [0.3, 0.4) is 0 Å². The number of hydrogen-bond acceptors (Lipinski definition) is 5. The van der Waals surface area contributed by atoms with Crippen LogP contribution in [0.4, 0.5) is 0 Å². The Hall–Kier alpha value is -2.71. The Morgan fingerprint density at radius 1 is 1.00 bits per heavy atom. The Labute approximate surface area is 210 Å². The highest BCUT2D eigenvalue weighted by Gasteiger charge is 2.41. The van der Waals surface area contributed by atoms with Crippen LogP contribution in [-0.2, 0) is 19.8 Å². The smallest absolute Gasteiger partial charge is 0.270 e. The number of hydrogen-bond donors (Lipinski definition) is 4. The zero-order valence-electron chi connectivity index (χ0n) is 22.9. The van der Waals surface area contributed by atoms with E-state index in [2.05, 4.69) is 10.6 Å². The minimum Gasteiger partial charge on any atom is -0.342 e. The van der Waals surface area contributed by atoms with Crippen molar-refractivity contribution in [1.29, 1.82) is 0 Å². The van der Waals surface area contributed by atoms with Gasteiger partial charge in [0.15, 0.2) is 0 Å². The lowest BCUT2D eigenvalue weighted by Crippen LogP contribution is -2.61. The topological polar surface area (TPSA) is 111 Å². The van der Waals surface area contributed by atoms with Gasteiger partial charge in [0.1, 0.15) is 6.04 Å². The minimum atomic E-state index is -0.802. The molecule has 196 valence electrons. The van der Waals surface area contributed by atoms with Gasteiger partial charge in [-0.2, -0.15) is 0 Å². The van der Waals surface area contributed by atoms with Crippen molar-refractivity contribution < 1.29 is 19.6 Å². The summed E-state index contributed by atoms with van der Waals surface area (Å²) >= 11 is 0. The van der Waals surface area contributed by atoms with Crippen LogP contribution < -0.4 is 16.1 Å². The summed E-state index contributed by atoms with van der Waals surface area (Å²) in [6.07, 6.45) is 1.66. The third-order valence-corrected chi connectivity index (χ3v) is 6.55. The van der Waals surface area contributed by atoms with Crippen molar-refractivity contribution in [3.63, 3.8) is 0 Å². The molecule has 0 aliphatic rings. The van der Waals surface area contributed by atoms with E-state index < -0.39 is 34.9 Å². The van der Waals surface area contributed by atoms with E-state index in [1.54, 1.807) is 37.5 Å². The molecule has 0 saturated heterocycles. The van der Waals surface area contributed by atoms with E-state index in [4.69, 9.17) is 5.21 Å². The normalized spacial score (nSPS) is 15.3. The first-order valence-electron chi connectivity index (χ1n) is 12.0. The fourth-order valence-corrected chi connectivity index (χ4v) is 4.25. The fraction of sp³-hybridized carbons (Fsp3) is 0.593. The molecule has 8 heteroatoms. The molecule has 0 spiro atoms. The van der Waals surface area contributed by atoms with Crippen LogP contribution in [0.1, 0.15) is 61.0 Å². The van der Waals surface area contributed by atoms with Gasteiger partial charge in [0.25, 0.3) is 5.91 Å². The first kappa shape index (κ1) is 30.3. The van der Waals surface area contributed by atoms with E-state index >= 15 is 0 Å². The second-order valence-electron chi connectivity index (χ2n) is 11.1. The van der Waals surface area contributed by atoms with Gasteiger partial charge in [0.05, 0.1) is 12.1 Å². The van der Waals surface area contributed by atoms with E-state index in [0.29, 0.717) is 5.57 Å². The second kappa shape index (κ2) is 12.3. The number of amides is 3. The van der Waals surface area contributed by atoms with Gasteiger partial charge in [-0.25, -0.2) is 5.48 Å². The van der Waals surface area contributed by atoms with Crippen LogP contribution in [0.25, 0.3) is 0 Å². The number of carbonyl (C=O) groups is 3. The molecule has 0 unspecified atom stereocenters. The largest absolute Gasteiger partial charge is 0.342 e. The third-order valence-electron chi connectivity index (χ3n) is 6.55. The van der Waals surface area contributed by atoms with Gasteiger partial charge in [-0.3, -0.25) is 19.6 Å². The number of likely N-dealkylation sites (N-methyl/N-ethyl adjacent to an activating group) is 2. The standard InChI is InChI=1S/C27H44N4O4/c1-17(2)20(16-18(3)23(32)30-35)31(10)25(34)22(26(4,5)6)29-24(33)21(28-9)27(7,8)19-14-12-11-13-15-19/h11-17,20-22,28,35H,1-10H3,(H,29,33)(H,30,32)/t20-,21-,22-/m1/s1. The maximum absolute atomic E-state index is 13.7. The molecular formula is C27H44N4O4. The monoisotopic (exact) mass is 488 g/mol. The predicted molar refractivity (Wildman–Crippen MR) is 139 cm³/mol. The highest BCUT2D eigenvalue weighted by molar-refractivity contribution is 5.93. The summed E-state index contributed by atoms with van der Waals surface area (Å²) < 4.78 is 0. The van der Waals surface area contributed by atoms with Crippen LogP contribution in [0.5, 0.6) is 0 Å². The quantitative estimate of drug-likeness (QED) is 0.230. The molecule has 0 heterocycles. The lowest BCUT2D eigenvalue weighted by Gasteiger charge is -2.40. The van der Waals surface area contributed by atoms with Crippen molar-refractivity contribution in [3.05, 3.63) is 47.5 Å². The average molecular weight is 489 g/mol. The van der Waals surface area contributed by atoms with Crippen molar-refractivity contribution in [2.24, 2.45) is 11.3 Å². The second-order valence-corrected chi connectivity index (χ2v) is 11.1. The number of nitrogens with zero attached hydrogens (tertiary/aromatic N) is 1. The van der Waals surface area contributed by atoms with Gasteiger partial charge in [0, 0.05) is 18.0 Å². The first-order chi connectivity index (χ1) is 16.1. The SMILES string of the molecule is CN[C@H](C(=O)N[C@H](C(=O)N(C)[C@H](C=C(C)C(=O)NO)C(C)C)C(C)(C)C)C(C)(C)c1ccccc1. The Balaban J connectivity index is 3.29. The molecule has 3 atom stereocenters. The van der Waals surface area contributed by atoms with Crippen LogP contribution in [0, 0.1) is 11.3 Å². The van der Waals surface area contributed by atoms with Crippen molar-refractivity contribution in [3.8, 4) is 0 Å². The van der Waals surface area contributed by atoms with Crippen molar-refractivity contribution >= 4 is 17.7 Å². The molecule has 4 N–H and O–H groups in total. The summed E-state index contributed by atoms with van der Waals surface area (Å²) in [5, 5.41) is 15.1. The number of benzene rings is 1. The Bertz CT molecular complexity index is 904. The fourth-order valence-electron chi connectivity index (χ4n) is 4.25. The maximum atomic E-state index is 13.7. The van der Waals surface area contributed by atoms with Crippen molar-refractivity contribution in [1.82, 2.24) is 21.0 Å². The van der Waals surface area contributed by atoms with Crippen LogP contribution in [0.2, 0.25) is 0 Å².